The third-order valence-corrected chi connectivity index (χ3v) is 7.38. The molecular formula is C33H45N7O11. The highest BCUT2D eigenvalue weighted by atomic mass is 16.4. The number of nitrogens with two attached hydrogens (primary N) is 1. The van der Waals surface area contributed by atoms with Crippen molar-refractivity contribution in [2.45, 2.75) is 31.8 Å². The largest absolute Gasteiger partial charge is 0.480 e. The van der Waals surface area contributed by atoms with E-state index in [2.05, 4.69) is 16.2 Å². The maximum Gasteiger partial charge on any atom is 0.317 e. The van der Waals surface area contributed by atoms with Crippen LogP contribution in [0.15, 0.2) is 54.6 Å². The molecule has 0 saturated carbocycles. The van der Waals surface area contributed by atoms with E-state index in [0.29, 0.717) is 12.8 Å². The van der Waals surface area contributed by atoms with Gasteiger partial charge in [0.1, 0.15) is 0 Å². The number of aryl methyl sites for hydroxylation is 1. The molecule has 0 aromatic heterocycles. The molecule has 0 aliphatic heterocycles. The van der Waals surface area contributed by atoms with Crippen LogP contribution in [0.2, 0.25) is 0 Å². The third-order valence-electron chi connectivity index (χ3n) is 7.38. The van der Waals surface area contributed by atoms with Gasteiger partial charge in [-0.25, -0.2) is 0 Å². The Labute approximate surface area is 294 Å². The molecule has 0 aliphatic rings. The molecule has 2 aromatic carbocycles. The summed E-state index contributed by atoms with van der Waals surface area (Å²) in [5.41, 5.74) is 13.1. The molecule has 51 heavy (non-hydrogen) atoms. The summed E-state index contributed by atoms with van der Waals surface area (Å²) in [5.74, 6) is -6.33. The van der Waals surface area contributed by atoms with Crippen molar-refractivity contribution in [2.24, 2.45) is 5.73 Å². The summed E-state index contributed by atoms with van der Waals surface area (Å²) >= 11 is 0. The van der Waals surface area contributed by atoms with Gasteiger partial charge in [0.15, 0.2) is 0 Å². The highest BCUT2D eigenvalue weighted by Crippen LogP contribution is 2.07. The fraction of sp³-hybridized carbons (Fsp3) is 0.424. The van der Waals surface area contributed by atoms with Crippen molar-refractivity contribution in [1.29, 1.82) is 0 Å². The van der Waals surface area contributed by atoms with Crippen LogP contribution in [-0.4, -0.2) is 142 Å². The standard InChI is InChI=1S/C33H45N7O11/c34-26(16-24-4-2-1-3-5-24)33(51)37-36-27(41)11-10-23-6-8-25(9-7-23)17-35-28(42)18-38(12-14-39(19-29(43)44)20-30(45)46)13-15-40(21-31(47)48)22-32(49)50/h1-9,26H,10-22,34H2,(H,35,42)(H,36,41)(H,37,51)(H,43,44)(H,45,46)(H,47,48)(H,49,50)/t26-/m1/s1. The number of carbonyl (C=O) groups excluding carboxylic acids is 3. The third kappa shape index (κ3) is 18.8. The van der Waals surface area contributed by atoms with E-state index in [9.17, 15) is 33.6 Å². The minimum atomic E-state index is -1.24. The van der Waals surface area contributed by atoms with Crippen molar-refractivity contribution >= 4 is 41.6 Å². The van der Waals surface area contributed by atoms with Crippen molar-refractivity contribution in [1.82, 2.24) is 30.9 Å². The van der Waals surface area contributed by atoms with Crippen LogP contribution >= 0.6 is 0 Å². The Balaban J connectivity index is 1.87. The Bertz CT molecular complexity index is 1400. The maximum atomic E-state index is 12.9. The van der Waals surface area contributed by atoms with E-state index < -0.39 is 73.8 Å². The van der Waals surface area contributed by atoms with Crippen LogP contribution in [0.1, 0.15) is 23.1 Å². The van der Waals surface area contributed by atoms with Gasteiger partial charge in [-0.3, -0.25) is 59.1 Å². The van der Waals surface area contributed by atoms with Crippen LogP contribution in [0, 0.1) is 0 Å². The lowest BCUT2D eigenvalue weighted by Gasteiger charge is -2.28. The number of rotatable bonds is 24. The Morgan fingerprint density at radius 3 is 1.53 bits per heavy atom. The summed E-state index contributed by atoms with van der Waals surface area (Å²) in [5, 5.41) is 39.3. The number of hydrogen-bond acceptors (Lipinski definition) is 11. The topological polar surface area (TPSA) is 272 Å². The van der Waals surface area contributed by atoms with E-state index in [1.165, 1.54) is 0 Å². The van der Waals surface area contributed by atoms with Gasteiger partial charge in [0.25, 0.3) is 5.91 Å². The molecule has 0 spiro atoms. The van der Waals surface area contributed by atoms with Gasteiger partial charge >= 0.3 is 23.9 Å². The van der Waals surface area contributed by atoms with Crippen molar-refractivity contribution in [3.63, 3.8) is 0 Å². The lowest BCUT2D eigenvalue weighted by molar-refractivity contribution is -0.143. The summed E-state index contributed by atoms with van der Waals surface area (Å²) in [7, 11) is 0. The molecule has 0 fully saturated rings. The maximum absolute atomic E-state index is 12.9. The molecule has 2 aromatic rings. The predicted molar refractivity (Wildman–Crippen MR) is 181 cm³/mol. The SMILES string of the molecule is N[C@H](Cc1ccccc1)C(=O)NNC(=O)CCc1ccc(CNC(=O)CN(CCN(CC(=O)O)CC(=O)O)CCN(CC(=O)O)CC(=O)O)cc1. The van der Waals surface area contributed by atoms with Crippen LogP contribution in [0.25, 0.3) is 0 Å². The number of carboxylic acid groups (broad SMARTS) is 4. The van der Waals surface area contributed by atoms with E-state index in [0.717, 1.165) is 26.5 Å². The fourth-order valence-electron chi connectivity index (χ4n) is 4.82. The second-order valence-electron chi connectivity index (χ2n) is 11.7. The first-order valence-electron chi connectivity index (χ1n) is 16.0. The van der Waals surface area contributed by atoms with Crippen molar-refractivity contribution in [2.75, 3.05) is 58.9 Å². The molecule has 9 N–H and O–H groups in total. The van der Waals surface area contributed by atoms with Gasteiger partial charge in [0.2, 0.25) is 11.8 Å². The van der Waals surface area contributed by atoms with Crippen LogP contribution in [0.4, 0.5) is 0 Å². The molecule has 3 amide bonds. The van der Waals surface area contributed by atoms with Crippen molar-refractivity contribution in [3.05, 3.63) is 71.3 Å². The number of amides is 3. The highest BCUT2D eigenvalue weighted by molar-refractivity contribution is 5.85. The normalized spacial score (nSPS) is 11.6. The molecular weight excluding hydrogens is 670 g/mol. The molecule has 0 radical (unpaired) electrons. The number of carboxylic acids is 4. The zero-order valence-electron chi connectivity index (χ0n) is 28.0. The van der Waals surface area contributed by atoms with Gasteiger partial charge in [0.05, 0.1) is 38.8 Å². The van der Waals surface area contributed by atoms with E-state index in [-0.39, 0.29) is 45.7 Å². The van der Waals surface area contributed by atoms with E-state index >= 15 is 0 Å². The number of hydrazine groups is 1. The molecule has 2 rings (SSSR count). The quantitative estimate of drug-likeness (QED) is 0.0557. The van der Waals surface area contributed by atoms with Crippen LogP contribution in [-0.2, 0) is 52.9 Å². The lowest BCUT2D eigenvalue weighted by Crippen LogP contribution is -2.50. The number of benzene rings is 2. The number of nitrogens with one attached hydrogen (secondary N) is 3. The van der Waals surface area contributed by atoms with E-state index in [1.54, 1.807) is 29.2 Å². The van der Waals surface area contributed by atoms with Crippen LogP contribution < -0.4 is 21.9 Å². The summed E-state index contributed by atoms with van der Waals surface area (Å²) in [6, 6.07) is 15.5. The highest BCUT2D eigenvalue weighted by Gasteiger charge is 2.20. The monoisotopic (exact) mass is 715 g/mol. The number of carbonyl (C=O) groups is 7. The number of nitrogens with zero attached hydrogens (tertiary/aromatic N) is 3. The second-order valence-corrected chi connectivity index (χ2v) is 11.7. The second kappa shape index (κ2) is 22.3. The predicted octanol–water partition coefficient (Wildman–Crippen LogP) is -1.80. The van der Waals surface area contributed by atoms with Gasteiger partial charge in [-0.05, 0) is 29.5 Å². The average Bonchev–Trinajstić information content (AvgIpc) is 3.06. The minimum absolute atomic E-state index is 0.0361. The summed E-state index contributed by atoms with van der Waals surface area (Å²) in [4.78, 5) is 86.0. The van der Waals surface area contributed by atoms with E-state index in [1.807, 2.05) is 30.3 Å². The molecule has 0 saturated heterocycles. The molecule has 18 nitrogen and oxygen atoms in total. The number of hydrogen-bond donors (Lipinski definition) is 8. The van der Waals surface area contributed by atoms with Gasteiger partial charge in [-0.2, -0.15) is 0 Å². The van der Waals surface area contributed by atoms with Gasteiger partial charge in [-0.1, -0.05) is 54.6 Å². The summed E-state index contributed by atoms with van der Waals surface area (Å²) < 4.78 is 0. The van der Waals surface area contributed by atoms with Crippen molar-refractivity contribution < 1.29 is 54.0 Å². The minimum Gasteiger partial charge on any atom is -0.480 e. The van der Waals surface area contributed by atoms with E-state index in [4.69, 9.17) is 26.2 Å². The first-order chi connectivity index (χ1) is 24.2. The van der Waals surface area contributed by atoms with Gasteiger partial charge < -0.3 is 31.5 Å². The first-order valence-corrected chi connectivity index (χ1v) is 16.0. The molecule has 278 valence electrons. The Morgan fingerprint density at radius 2 is 1.04 bits per heavy atom. The summed E-state index contributed by atoms with van der Waals surface area (Å²) in [6.07, 6.45) is 0.783. The lowest BCUT2D eigenvalue weighted by atomic mass is 10.1. The molecule has 0 heterocycles. The zero-order chi connectivity index (χ0) is 37.8. The molecule has 0 bridgehead atoms. The van der Waals surface area contributed by atoms with Crippen LogP contribution in [0.5, 0.6) is 0 Å². The Kier molecular flexibility index (Phi) is 18.3. The van der Waals surface area contributed by atoms with Crippen molar-refractivity contribution in [3.8, 4) is 0 Å². The Morgan fingerprint density at radius 1 is 0.569 bits per heavy atom. The zero-order valence-corrected chi connectivity index (χ0v) is 28.0. The van der Waals surface area contributed by atoms with Gasteiger partial charge in [0, 0.05) is 39.1 Å². The average molecular weight is 716 g/mol. The molecule has 0 unspecified atom stereocenters. The molecule has 1 atom stereocenters. The first kappa shape index (κ1) is 41.7. The molecule has 0 aliphatic carbocycles. The summed E-state index contributed by atoms with van der Waals surface area (Å²) in [6.45, 7) is -2.33. The number of aliphatic carboxylic acids is 4. The Hall–Kier alpha value is -5.43. The fourth-order valence-corrected chi connectivity index (χ4v) is 4.82. The molecule has 18 heteroatoms. The van der Waals surface area contributed by atoms with Gasteiger partial charge in [-0.15, -0.1) is 0 Å². The van der Waals surface area contributed by atoms with Crippen LogP contribution in [0.3, 0.4) is 0 Å². The smallest absolute Gasteiger partial charge is 0.317 e.